The highest BCUT2D eigenvalue weighted by Gasteiger charge is 2.21. The summed E-state index contributed by atoms with van der Waals surface area (Å²) in [5.74, 6) is 0.320. The van der Waals surface area contributed by atoms with E-state index >= 15 is 0 Å². The molecule has 1 aromatic carbocycles. The number of rotatable bonds is 4. The van der Waals surface area contributed by atoms with Crippen molar-refractivity contribution >= 4 is 17.1 Å². The van der Waals surface area contributed by atoms with Crippen LogP contribution >= 0.6 is 0 Å². The molecule has 1 saturated heterocycles. The van der Waals surface area contributed by atoms with Crippen molar-refractivity contribution in [3.8, 4) is 5.88 Å². The number of hydrogen-bond donors (Lipinski definition) is 0. The number of oxazole rings is 1. The van der Waals surface area contributed by atoms with E-state index in [-0.39, 0.29) is 5.82 Å². The van der Waals surface area contributed by atoms with Gasteiger partial charge in [0.2, 0.25) is 5.88 Å². The molecule has 0 N–H and O–H groups in total. The van der Waals surface area contributed by atoms with Gasteiger partial charge in [-0.25, -0.2) is 9.37 Å². The highest BCUT2D eigenvalue weighted by atomic mass is 19.1. The molecule has 4 rings (SSSR count). The smallest absolute Gasteiger partial charge is 0.298 e. The van der Waals surface area contributed by atoms with Crippen molar-refractivity contribution in [2.24, 2.45) is 0 Å². The van der Waals surface area contributed by atoms with Gasteiger partial charge in [0.05, 0.1) is 12.8 Å². The van der Waals surface area contributed by atoms with Gasteiger partial charge in [-0.2, -0.15) is 4.98 Å². The number of methoxy groups -OCH3 is 1. The SMILES string of the molecule is COc1cccc(CN2CCN(c3nc4ccc(F)cc4o3)CC2)n1. The molecule has 1 aliphatic rings. The van der Waals surface area contributed by atoms with E-state index in [1.165, 1.54) is 12.1 Å². The largest absolute Gasteiger partial charge is 0.481 e. The van der Waals surface area contributed by atoms with Crippen molar-refractivity contribution in [3.05, 3.63) is 47.9 Å². The number of ether oxygens (including phenoxy) is 1. The normalized spacial score (nSPS) is 15.7. The van der Waals surface area contributed by atoms with Crippen LogP contribution in [0.25, 0.3) is 11.1 Å². The first-order chi connectivity index (χ1) is 12.2. The Balaban J connectivity index is 1.40. The van der Waals surface area contributed by atoms with Crippen molar-refractivity contribution in [2.45, 2.75) is 6.54 Å². The molecule has 0 unspecified atom stereocenters. The first-order valence-electron chi connectivity index (χ1n) is 8.24. The summed E-state index contributed by atoms with van der Waals surface area (Å²) in [5, 5.41) is 0. The number of hydrogen-bond acceptors (Lipinski definition) is 6. The van der Waals surface area contributed by atoms with Crippen molar-refractivity contribution in [2.75, 3.05) is 38.2 Å². The van der Waals surface area contributed by atoms with Crippen LogP contribution in [0, 0.1) is 5.82 Å². The van der Waals surface area contributed by atoms with Gasteiger partial charge in [-0.05, 0) is 18.2 Å². The molecular weight excluding hydrogens is 323 g/mol. The van der Waals surface area contributed by atoms with Crippen LogP contribution in [0.4, 0.5) is 10.4 Å². The summed E-state index contributed by atoms with van der Waals surface area (Å²) >= 11 is 0. The van der Waals surface area contributed by atoms with E-state index in [0.717, 1.165) is 38.4 Å². The first kappa shape index (κ1) is 15.8. The molecule has 3 heterocycles. The fraction of sp³-hybridized carbons (Fsp3) is 0.333. The molecule has 3 aromatic rings. The third kappa shape index (κ3) is 3.41. The van der Waals surface area contributed by atoms with Gasteiger partial charge in [-0.3, -0.25) is 4.90 Å². The lowest BCUT2D eigenvalue weighted by molar-refractivity contribution is 0.242. The Bertz CT molecular complexity index is 874. The number of fused-ring (bicyclic) bond motifs is 1. The fourth-order valence-electron chi connectivity index (χ4n) is 3.01. The summed E-state index contributed by atoms with van der Waals surface area (Å²) in [6, 6.07) is 10.8. The second-order valence-electron chi connectivity index (χ2n) is 6.04. The van der Waals surface area contributed by atoms with Gasteiger partial charge in [0.25, 0.3) is 6.01 Å². The molecule has 2 aromatic heterocycles. The molecule has 1 fully saturated rings. The minimum atomic E-state index is -0.314. The Morgan fingerprint density at radius 2 is 1.96 bits per heavy atom. The Hall–Kier alpha value is -2.67. The van der Waals surface area contributed by atoms with Gasteiger partial charge in [0, 0.05) is 44.9 Å². The molecule has 0 bridgehead atoms. The molecule has 0 atom stereocenters. The minimum absolute atomic E-state index is 0.314. The van der Waals surface area contributed by atoms with Crippen molar-refractivity contribution in [3.63, 3.8) is 0 Å². The maximum atomic E-state index is 13.3. The number of halogens is 1. The van der Waals surface area contributed by atoms with Crippen LogP contribution in [0.2, 0.25) is 0 Å². The Morgan fingerprint density at radius 3 is 2.76 bits per heavy atom. The highest BCUT2D eigenvalue weighted by molar-refractivity contribution is 5.74. The molecule has 0 radical (unpaired) electrons. The van der Waals surface area contributed by atoms with E-state index in [9.17, 15) is 4.39 Å². The van der Waals surface area contributed by atoms with Crippen LogP contribution in [0.5, 0.6) is 5.88 Å². The predicted molar refractivity (Wildman–Crippen MR) is 92.2 cm³/mol. The third-order valence-electron chi connectivity index (χ3n) is 4.36. The minimum Gasteiger partial charge on any atom is -0.481 e. The molecular formula is C18H19FN4O2. The van der Waals surface area contributed by atoms with E-state index < -0.39 is 0 Å². The van der Waals surface area contributed by atoms with Crippen molar-refractivity contribution in [1.29, 1.82) is 0 Å². The molecule has 130 valence electrons. The van der Waals surface area contributed by atoms with Gasteiger partial charge in [0.1, 0.15) is 11.3 Å². The Morgan fingerprint density at radius 1 is 1.12 bits per heavy atom. The standard InChI is InChI=1S/C18H19FN4O2/c1-24-17-4-2-3-14(20-17)12-22-7-9-23(10-8-22)18-21-15-6-5-13(19)11-16(15)25-18/h2-6,11H,7-10,12H2,1H3. The Labute approximate surface area is 144 Å². The number of piperazine rings is 1. The van der Waals surface area contributed by atoms with E-state index in [1.54, 1.807) is 13.2 Å². The molecule has 0 aliphatic carbocycles. The zero-order valence-electron chi connectivity index (χ0n) is 14.0. The molecule has 0 amide bonds. The van der Waals surface area contributed by atoms with Crippen LogP contribution < -0.4 is 9.64 Å². The van der Waals surface area contributed by atoms with Crippen LogP contribution in [0.15, 0.2) is 40.8 Å². The highest BCUT2D eigenvalue weighted by Crippen LogP contribution is 2.23. The number of nitrogens with zero attached hydrogens (tertiary/aromatic N) is 4. The van der Waals surface area contributed by atoms with Crippen molar-refractivity contribution in [1.82, 2.24) is 14.9 Å². The second kappa shape index (κ2) is 6.68. The van der Waals surface area contributed by atoms with Gasteiger partial charge in [0.15, 0.2) is 5.58 Å². The average molecular weight is 342 g/mol. The van der Waals surface area contributed by atoms with Crippen LogP contribution in [-0.4, -0.2) is 48.2 Å². The molecule has 0 spiro atoms. The zero-order valence-corrected chi connectivity index (χ0v) is 14.0. The molecule has 7 heteroatoms. The van der Waals surface area contributed by atoms with Gasteiger partial charge in [-0.15, -0.1) is 0 Å². The zero-order chi connectivity index (χ0) is 17.2. The first-order valence-corrected chi connectivity index (χ1v) is 8.24. The van der Waals surface area contributed by atoms with Crippen LogP contribution in [-0.2, 0) is 6.54 Å². The fourth-order valence-corrected chi connectivity index (χ4v) is 3.01. The lowest BCUT2D eigenvalue weighted by Crippen LogP contribution is -2.46. The van der Waals surface area contributed by atoms with Gasteiger partial charge in [-0.1, -0.05) is 6.07 Å². The summed E-state index contributed by atoms with van der Waals surface area (Å²) in [7, 11) is 1.62. The van der Waals surface area contributed by atoms with Crippen LogP contribution in [0.3, 0.4) is 0 Å². The van der Waals surface area contributed by atoms with E-state index in [1.807, 2.05) is 18.2 Å². The van der Waals surface area contributed by atoms with Crippen LogP contribution in [0.1, 0.15) is 5.69 Å². The van der Waals surface area contributed by atoms with E-state index in [4.69, 9.17) is 9.15 Å². The topological polar surface area (TPSA) is 54.6 Å². The van der Waals surface area contributed by atoms with Gasteiger partial charge >= 0.3 is 0 Å². The summed E-state index contributed by atoms with van der Waals surface area (Å²) < 4.78 is 24.1. The maximum Gasteiger partial charge on any atom is 0.298 e. The molecule has 1 aliphatic heterocycles. The average Bonchev–Trinajstić information content (AvgIpc) is 3.05. The number of benzene rings is 1. The molecule has 0 saturated carbocycles. The predicted octanol–water partition coefficient (Wildman–Crippen LogP) is 2.69. The molecule has 6 nitrogen and oxygen atoms in total. The van der Waals surface area contributed by atoms with E-state index in [2.05, 4.69) is 19.8 Å². The summed E-state index contributed by atoms with van der Waals surface area (Å²) in [6.45, 7) is 4.15. The van der Waals surface area contributed by atoms with E-state index in [0.29, 0.717) is 23.0 Å². The summed E-state index contributed by atoms with van der Waals surface area (Å²) in [5.41, 5.74) is 2.16. The second-order valence-corrected chi connectivity index (χ2v) is 6.04. The Kier molecular flexibility index (Phi) is 4.23. The lowest BCUT2D eigenvalue weighted by atomic mass is 10.3. The third-order valence-corrected chi connectivity index (χ3v) is 4.36. The van der Waals surface area contributed by atoms with Gasteiger partial charge < -0.3 is 14.1 Å². The lowest BCUT2D eigenvalue weighted by Gasteiger charge is -2.33. The summed E-state index contributed by atoms with van der Waals surface area (Å²) in [4.78, 5) is 13.3. The number of pyridine rings is 1. The summed E-state index contributed by atoms with van der Waals surface area (Å²) in [6.07, 6.45) is 0. The number of aromatic nitrogens is 2. The maximum absolute atomic E-state index is 13.3. The van der Waals surface area contributed by atoms with Crippen molar-refractivity contribution < 1.29 is 13.5 Å². The monoisotopic (exact) mass is 342 g/mol. The quantitative estimate of drug-likeness (QED) is 0.727. The molecule has 25 heavy (non-hydrogen) atoms. The number of anilines is 1.